The first-order chi connectivity index (χ1) is 8.72. The van der Waals surface area contributed by atoms with Crippen molar-refractivity contribution in [3.63, 3.8) is 0 Å². The van der Waals surface area contributed by atoms with Crippen LogP contribution in [0.4, 0.5) is 0 Å². The highest BCUT2D eigenvalue weighted by Gasteiger charge is 2.02. The normalized spacial score (nSPS) is 12.4. The van der Waals surface area contributed by atoms with Crippen molar-refractivity contribution in [2.75, 3.05) is 13.2 Å². The van der Waals surface area contributed by atoms with Crippen molar-refractivity contribution in [1.29, 1.82) is 0 Å². The molecule has 0 saturated heterocycles. The van der Waals surface area contributed by atoms with Crippen molar-refractivity contribution < 1.29 is 9.47 Å². The van der Waals surface area contributed by atoms with Crippen LogP contribution in [0.5, 0.6) is 5.75 Å². The highest BCUT2D eigenvalue weighted by Crippen LogP contribution is 2.15. The summed E-state index contributed by atoms with van der Waals surface area (Å²) >= 11 is 5.80. The summed E-state index contributed by atoms with van der Waals surface area (Å²) in [7, 11) is 0. The molecule has 1 aromatic carbocycles. The standard InChI is InChI=1S/C15H23ClO2/c1-3-4-5-11-17-13(2)10-12-18-15-8-6-14(16)7-9-15/h6-9,13H,3-5,10-12H2,1-2H3. The first-order valence-corrected chi connectivity index (χ1v) is 7.10. The van der Waals surface area contributed by atoms with E-state index in [0.717, 1.165) is 30.2 Å². The van der Waals surface area contributed by atoms with Gasteiger partial charge in [0, 0.05) is 18.1 Å². The zero-order valence-electron chi connectivity index (χ0n) is 11.3. The molecule has 1 unspecified atom stereocenters. The number of halogens is 1. The molecular weight excluding hydrogens is 248 g/mol. The molecule has 1 atom stereocenters. The van der Waals surface area contributed by atoms with E-state index < -0.39 is 0 Å². The lowest BCUT2D eigenvalue weighted by Crippen LogP contribution is -2.13. The van der Waals surface area contributed by atoms with Crippen LogP contribution in [0.25, 0.3) is 0 Å². The van der Waals surface area contributed by atoms with E-state index in [9.17, 15) is 0 Å². The van der Waals surface area contributed by atoms with Gasteiger partial charge in [0.2, 0.25) is 0 Å². The van der Waals surface area contributed by atoms with Crippen molar-refractivity contribution in [2.45, 2.75) is 45.6 Å². The number of hydrogen-bond acceptors (Lipinski definition) is 2. The highest BCUT2D eigenvalue weighted by atomic mass is 35.5. The van der Waals surface area contributed by atoms with Crippen LogP contribution in [0.3, 0.4) is 0 Å². The van der Waals surface area contributed by atoms with Crippen LogP contribution in [-0.4, -0.2) is 19.3 Å². The molecule has 1 rings (SSSR count). The van der Waals surface area contributed by atoms with E-state index in [0.29, 0.717) is 6.61 Å². The molecule has 3 heteroatoms. The van der Waals surface area contributed by atoms with Gasteiger partial charge in [0.25, 0.3) is 0 Å². The van der Waals surface area contributed by atoms with Crippen LogP contribution in [0, 0.1) is 0 Å². The molecule has 0 bridgehead atoms. The van der Waals surface area contributed by atoms with E-state index in [1.165, 1.54) is 12.8 Å². The van der Waals surface area contributed by atoms with Crippen molar-refractivity contribution in [1.82, 2.24) is 0 Å². The minimum atomic E-state index is 0.258. The number of rotatable bonds is 9. The van der Waals surface area contributed by atoms with Crippen LogP contribution in [0.15, 0.2) is 24.3 Å². The minimum Gasteiger partial charge on any atom is -0.493 e. The van der Waals surface area contributed by atoms with Gasteiger partial charge in [0.1, 0.15) is 5.75 Å². The summed E-state index contributed by atoms with van der Waals surface area (Å²) in [5, 5.41) is 0.731. The third kappa shape index (κ3) is 6.87. The molecule has 102 valence electrons. The second-order valence-corrected chi connectivity index (χ2v) is 4.92. The smallest absolute Gasteiger partial charge is 0.119 e. The number of benzene rings is 1. The van der Waals surface area contributed by atoms with Gasteiger partial charge in [0.15, 0.2) is 0 Å². The van der Waals surface area contributed by atoms with E-state index in [-0.39, 0.29) is 6.10 Å². The zero-order chi connectivity index (χ0) is 13.2. The number of ether oxygens (including phenoxy) is 2. The van der Waals surface area contributed by atoms with Gasteiger partial charge < -0.3 is 9.47 Å². The summed E-state index contributed by atoms with van der Waals surface area (Å²) in [5.74, 6) is 0.859. The van der Waals surface area contributed by atoms with Gasteiger partial charge in [-0.25, -0.2) is 0 Å². The van der Waals surface area contributed by atoms with E-state index in [4.69, 9.17) is 21.1 Å². The quantitative estimate of drug-likeness (QED) is 0.605. The Morgan fingerprint density at radius 1 is 1.11 bits per heavy atom. The lowest BCUT2D eigenvalue weighted by molar-refractivity contribution is 0.0482. The maximum Gasteiger partial charge on any atom is 0.119 e. The number of hydrogen-bond donors (Lipinski definition) is 0. The van der Waals surface area contributed by atoms with Gasteiger partial charge in [-0.1, -0.05) is 31.4 Å². The molecule has 2 nitrogen and oxygen atoms in total. The van der Waals surface area contributed by atoms with E-state index >= 15 is 0 Å². The predicted molar refractivity (Wildman–Crippen MR) is 76.5 cm³/mol. The van der Waals surface area contributed by atoms with E-state index in [1.807, 2.05) is 24.3 Å². The predicted octanol–water partition coefficient (Wildman–Crippen LogP) is 4.70. The monoisotopic (exact) mass is 270 g/mol. The van der Waals surface area contributed by atoms with Gasteiger partial charge >= 0.3 is 0 Å². The minimum absolute atomic E-state index is 0.258. The molecule has 0 amide bonds. The van der Waals surface area contributed by atoms with Crippen LogP contribution in [-0.2, 0) is 4.74 Å². The molecule has 0 heterocycles. The number of unbranched alkanes of at least 4 members (excludes halogenated alkanes) is 2. The second-order valence-electron chi connectivity index (χ2n) is 4.48. The average molecular weight is 271 g/mol. The van der Waals surface area contributed by atoms with Crippen LogP contribution in [0.2, 0.25) is 5.02 Å². The molecule has 0 fully saturated rings. The van der Waals surface area contributed by atoms with Gasteiger partial charge in [-0.15, -0.1) is 0 Å². The molecule has 0 aliphatic heterocycles. The Labute approximate surface area is 115 Å². The topological polar surface area (TPSA) is 18.5 Å². The van der Waals surface area contributed by atoms with Crippen LogP contribution < -0.4 is 4.74 Å². The average Bonchev–Trinajstić information content (AvgIpc) is 2.37. The lowest BCUT2D eigenvalue weighted by Gasteiger charge is -2.13. The van der Waals surface area contributed by atoms with Crippen LogP contribution >= 0.6 is 11.6 Å². The summed E-state index contributed by atoms with van der Waals surface area (Å²) in [6, 6.07) is 7.44. The first-order valence-electron chi connectivity index (χ1n) is 6.72. The Hall–Kier alpha value is -0.730. The third-order valence-corrected chi connectivity index (χ3v) is 3.01. The highest BCUT2D eigenvalue weighted by molar-refractivity contribution is 6.30. The zero-order valence-corrected chi connectivity index (χ0v) is 12.1. The molecule has 0 saturated carbocycles. The maximum atomic E-state index is 5.80. The summed E-state index contributed by atoms with van der Waals surface area (Å²) < 4.78 is 11.3. The van der Waals surface area contributed by atoms with Crippen molar-refractivity contribution in [2.24, 2.45) is 0 Å². The molecule has 1 aromatic rings. The summed E-state index contributed by atoms with van der Waals surface area (Å²) in [6.45, 7) is 5.83. The van der Waals surface area contributed by atoms with E-state index in [1.54, 1.807) is 0 Å². The Morgan fingerprint density at radius 3 is 2.50 bits per heavy atom. The molecule has 0 aliphatic carbocycles. The summed E-state index contributed by atoms with van der Waals surface area (Å²) in [6.07, 6.45) is 4.80. The fourth-order valence-electron chi connectivity index (χ4n) is 1.59. The van der Waals surface area contributed by atoms with Crippen molar-refractivity contribution >= 4 is 11.6 Å². The molecule has 18 heavy (non-hydrogen) atoms. The van der Waals surface area contributed by atoms with Crippen molar-refractivity contribution in [3.05, 3.63) is 29.3 Å². The summed E-state index contributed by atoms with van der Waals surface area (Å²) in [5.41, 5.74) is 0. The fourth-order valence-corrected chi connectivity index (χ4v) is 1.72. The Morgan fingerprint density at radius 2 is 1.83 bits per heavy atom. The first kappa shape index (κ1) is 15.3. The van der Waals surface area contributed by atoms with Crippen molar-refractivity contribution in [3.8, 4) is 5.75 Å². The molecule has 0 spiro atoms. The maximum absolute atomic E-state index is 5.80. The fraction of sp³-hybridized carbons (Fsp3) is 0.600. The molecule has 0 N–H and O–H groups in total. The Kier molecular flexibility index (Phi) is 7.86. The molecular formula is C15H23ClO2. The van der Waals surface area contributed by atoms with Gasteiger partial charge in [-0.05, 0) is 37.6 Å². The van der Waals surface area contributed by atoms with Gasteiger partial charge in [-0.2, -0.15) is 0 Å². The molecule has 0 aliphatic rings. The second kappa shape index (κ2) is 9.23. The van der Waals surface area contributed by atoms with Gasteiger partial charge in [-0.3, -0.25) is 0 Å². The Balaban J connectivity index is 2.07. The summed E-state index contributed by atoms with van der Waals surface area (Å²) in [4.78, 5) is 0. The largest absolute Gasteiger partial charge is 0.493 e. The molecule has 0 aromatic heterocycles. The van der Waals surface area contributed by atoms with E-state index in [2.05, 4.69) is 13.8 Å². The SMILES string of the molecule is CCCCCOC(C)CCOc1ccc(Cl)cc1. The lowest BCUT2D eigenvalue weighted by atomic mass is 10.2. The third-order valence-electron chi connectivity index (χ3n) is 2.76. The molecule has 0 radical (unpaired) electrons. The van der Waals surface area contributed by atoms with Crippen LogP contribution in [0.1, 0.15) is 39.5 Å². The van der Waals surface area contributed by atoms with Gasteiger partial charge in [0.05, 0.1) is 12.7 Å². The Bertz CT molecular complexity index is 311.